The van der Waals surface area contributed by atoms with Crippen LogP contribution < -0.4 is 15.4 Å². The molecule has 0 radical (unpaired) electrons. The fraction of sp³-hybridized carbons (Fsp3) is 0.318. The highest BCUT2D eigenvalue weighted by atomic mass is 16.5. The average Bonchev–Trinajstić information content (AvgIpc) is 2.72. The van der Waals surface area contributed by atoms with Crippen molar-refractivity contribution in [1.29, 1.82) is 0 Å². The zero-order valence-corrected chi connectivity index (χ0v) is 17.0. The Bertz CT molecular complexity index is 862. The van der Waals surface area contributed by atoms with Gasteiger partial charge in [-0.2, -0.15) is 0 Å². The van der Waals surface area contributed by atoms with Crippen LogP contribution in [-0.4, -0.2) is 37.5 Å². The van der Waals surface area contributed by atoms with E-state index in [1.54, 1.807) is 48.5 Å². The fourth-order valence-electron chi connectivity index (χ4n) is 2.72. The molecule has 1 unspecified atom stereocenters. The minimum absolute atomic E-state index is 0.174. The number of ether oxygens (including phenoxy) is 2. The van der Waals surface area contributed by atoms with Crippen molar-refractivity contribution in [3.63, 3.8) is 0 Å². The lowest BCUT2D eigenvalue weighted by molar-refractivity contribution is -0.118. The number of benzene rings is 2. The zero-order chi connectivity index (χ0) is 21.4. The topological polar surface area (TPSA) is 93.7 Å². The molecule has 2 aromatic carbocycles. The Morgan fingerprint density at radius 1 is 1.00 bits per heavy atom. The number of anilines is 1. The van der Waals surface area contributed by atoms with Gasteiger partial charge in [-0.25, -0.2) is 4.79 Å². The monoisotopic (exact) mass is 398 g/mol. The Morgan fingerprint density at radius 3 is 2.24 bits per heavy atom. The van der Waals surface area contributed by atoms with Gasteiger partial charge in [0.2, 0.25) is 5.91 Å². The Balaban J connectivity index is 2.14. The summed E-state index contributed by atoms with van der Waals surface area (Å²) in [6.45, 7) is 6.07. The maximum absolute atomic E-state index is 12.8. The van der Waals surface area contributed by atoms with E-state index >= 15 is 0 Å². The molecule has 7 nitrogen and oxygen atoms in total. The Hall–Kier alpha value is -3.35. The van der Waals surface area contributed by atoms with E-state index < -0.39 is 17.9 Å². The molecular formula is C22H26N2O5. The van der Waals surface area contributed by atoms with E-state index in [-0.39, 0.29) is 17.4 Å². The van der Waals surface area contributed by atoms with Crippen molar-refractivity contribution in [3.8, 4) is 5.75 Å². The summed E-state index contributed by atoms with van der Waals surface area (Å²) in [6.07, 6.45) is 0. The summed E-state index contributed by atoms with van der Waals surface area (Å²) >= 11 is 0. The van der Waals surface area contributed by atoms with Crippen molar-refractivity contribution < 1.29 is 23.9 Å². The number of nitrogens with one attached hydrogen (secondary N) is 2. The number of para-hydroxylation sites is 1. The number of esters is 1. The normalized spacial score (nSPS) is 11.5. The molecule has 2 N–H and O–H groups in total. The second kappa shape index (κ2) is 10.3. The number of carbonyl (C=O) groups is 3. The molecule has 2 amide bonds. The number of hydrogen-bond donors (Lipinski definition) is 2. The highest BCUT2D eigenvalue weighted by Gasteiger charge is 2.26. The summed E-state index contributed by atoms with van der Waals surface area (Å²) in [5.74, 6) is -0.854. The van der Waals surface area contributed by atoms with Crippen LogP contribution in [0, 0.1) is 5.92 Å². The molecule has 0 heterocycles. The van der Waals surface area contributed by atoms with Gasteiger partial charge < -0.3 is 20.1 Å². The lowest BCUT2D eigenvalue weighted by Gasteiger charge is -2.22. The van der Waals surface area contributed by atoms with E-state index in [1.165, 1.54) is 7.11 Å². The van der Waals surface area contributed by atoms with Crippen LogP contribution in [-0.2, 0) is 9.53 Å². The van der Waals surface area contributed by atoms with Crippen molar-refractivity contribution in [2.24, 2.45) is 5.92 Å². The summed E-state index contributed by atoms with van der Waals surface area (Å²) in [5.41, 5.74) is 0.982. The molecule has 0 spiro atoms. The number of rotatable bonds is 8. The fourth-order valence-corrected chi connectivity index (χ4v) is 2.72. The van der Waals surface area contributed by atoms with Gasteiger partial charge in [0.05, 0.1) is 25.0 Å². The molecule has 0 aliphatic rings. The van der Waals surface area contributed by atoms with Gasteiger partial charge in [0.15, 0.2) is 0 Å². The molecule has 0 aliphatic carbocycles. The molecule has 2 aromatic rings. The number of amides is 2. The van der Waals surface area contributed by atoms with Crippen molar-refractivity contribution in [3.05, 3.63) is 59.7 Å². The lowest BCUT2D eigenvalue weighted by Crippen LogP contribution is -2.47. The summed E-state index contributed by atoms with van der Waals surface area (Å²) in [4.78, 5) is 37.3. The molecule has 0 bridgehead atoms. The molecule has 154 valence electrons. The van der Waals surface area contributed by atoms with E-state index in [4.69, 9.17) is 9.47 Å². The van der Waals surface area contributed by atoms with Crippen LogP contribution in [0.15, 0.2) is 48.5 Å². The van der Waals surface area contributed by atoms with Gasteiger partial charge in [0.25, 0.3) is 5.91 Å². The second-order valence-corrected chi connectivity index (χ2v) is 6.68. The summed E-state index contributed by atoms with van der Waals surface area (Å²) in [6, 6.07) is 12.4. The molecule has 0 fully saturated rings. The zero-order valence-electron chi connectivity index (χ0n) is 17.0. The maximum atomic E-state index is 12.8. The first-order chi connectivity index (χ1) is 13.9. The standard InChI is InChI=1S/C22H26N2O5/c1-5-29-16-12-10-15(11-13-16)20(25)24-19(14(2)3)21(26)23-18-9-7-6-8-17(18)22(27)28-4/h6-14,19H,5H2,1-4H3,(H,23,26)(H,24,25). The van der Waals surface area contributed by atoms with Gasteiger partial charge in [0, 0.05) is 5.56 Å². The molecule has 0 aromatic heterocycles. The second-order valence-electron chi connectivity index (χ2n) is 6.68. The molecule has 7 heteroatoms. The molecule has 1 atom stereocenters. The number of carbonyl (C=O) groups excluding carboxylic acids is 3. The highest BCUT2D eigenvalue weighted by molar-refractivity contribution is 6.05. The molecule has 0 aliphatic heterocycles. The van der Waals surface area contributed by atoms with Gasteiger partial charge in [-0.1, -0.05) is 26.0 Å². The Morgan fingerprint density at radius 2 is 1.66 bits per heavy atom. The Kier molecular flexibility index (Phi) is 7.77. The third-order valence-electron chi connectivity index (χ3n) is 4.25. The molecule has 2 rings (SSSR count). The van der Waals surface area contributed by atoms with Crippen molar-refractivity contribution in [1.82, 2.24) is 5.32 Å². The van der Waals surface area contributed by atoms with E-state index in [0.717, 1.165) is 0 Å². The lowest BCUT2D eigenvalue weighted by atomic mass is 10.0. The van der Waals surface area contributed by atoms with E-state index in [0.29, 0.717) is 23.6 Å². The minimum atomic E-state index is -0.792. The smallest absolute Gasteiger partial charge is 0.339 e. The average molecular weight is 398 g/mol. The number of methoxy groups -OCH3 is 1. The third-order valence-corrected chi connectivity index (χ3v) is 4.25. The predicted molar refractivity (Wildman–Crippen MR) is 110 cm³/mol. The quantitative estimate of drug-likeness (QED) is 0.666. The SMILES string of the molecule is CCOc1ccc(C(=O)NC(C(=O)Nc2ccccc2C(=O)OC)C(C)C)cc1. The predicted octanol–water partition coefficient (Wildman–Crippen LogP) is 3.27. The van der Waals surface area contributed by atoms with E-state index in [1.807, 2.05) is 20.8 Å². The first-order valence-corrected chi connectivity index (χ1v) is 9.39. The van der Waals surface area contributed by atoms with Gasteiger partial charge in [-0.05, 0) is 49.2 Å². The van der Waals surface area contributed by atoms with Crippen molar-refractivity contribution >= 4 is 23.5 Å². The van der Waals surface area contributed by atoms with Crippen LogP contribution in [0.4, 0.5) is 5.69 Å². The third kappa shape index (κ3) is 5.81. The van der Waals surface area contributed by atoms with Gasteiger partial charge in [-0.15, -0.1) is 0 Å². The van der Waals surface area contributed by atoms with Crippen molar-refractivity contribution in [2.45, 2.75) is 26.8 Å². The van der Waals surface area contributed by atoms with Gasteiger partial charge in [0.1, 0.15) is 11.8 Å². The largest absolute Gasteiger partial charge is 0.494 e. The molecule has 0 saturated heterocycles. The van der Waals surface area contributed by atoms with Crippen LogP contribution in [0.5, 0.6) is 5.75 Å². The Labute approximate surface area is 170 Å². The highest BCUT2D eigenvalue weighted by Crippen LogP contribution is 2.18. The van der Waals surface area contributed by atoms with Crippen LogP contribution in [0.2, 0.25) is 0 Å². The molecular weight excluding hydrogens is 372 g/mol. The van der Waals surface area contributed by atoms with Crippen molar-refractivity contribution in [2.75, 3.05) is 19.0 Å². The van der Waals surface area contributed by atoms with E-state index in [9.17, 15) is 14.4 Å². The first-order valence-electron chi connectivity index (χ1n) is 9.39. The van der Waals surface area contributed by atoms with Gasteiger partial charge in [-0.3, -0.25) is 9.59 Å². The van der Waals surface area contributed by atoms with Gasteiger partial charge >= 0.3 is 5.97 Å². The first kappa shape index (κ1) is 21.9. The van der Waals surface area contributed by atoms with E-state index in [2.05, 4.69) is 10.6 Å². The molecule has 0 saturated carbocycles. The maximum Gasteiger partial charge on any atom is 0.339 e. The number of hydrogen-bond acceptors (Lipinski definition) is 5. The molecule has 29 heavy (non-hydrogen) atoms. The summed E-state index contributed by atoms with van der Waals surface area (Å²) < 4.78 is 10.1. The van der Waals surface area contributed by atoms with Crippen LogP contribution >= 0.6 is 0 Å². The van der Waals surface area contributed by atoms with Crippen LogP contribution in [0.25, 0.3) is 0 Å². The summed E-state index contributed by atoms with van der Waals surface area (Å²) in [7, 11) is 1.27. The van der Waals surface area contributed by atoms with Crippen LogP contribution in [0.3, 0.4) is 0 Å². The van der Waals surface area contributed by atoms with Crippen LogP contribution in [0.1, 0.15) is 41.5 Å². The minimum Gasteiger partial charge on any atom is -0.494 e. The summed E-state index contributed by atoms with van der Waals surface area (Å²) in [5, 5.41) is 5.47.